The molecule has 0 radical (unpaired) electrons. The zero-order valence-corrected chi connectivity index (χ0v) is 10.1. The molecule has 1 N–H and O–H groups in total. The summed E-state index contributed by atoms with van der Waals surface area (Å²) in [6.07, 6.45) is 0. The highest BCUT2D eigenvalue weighted by Gasteiger charge is 2.20. The standard InChI is InChI=1S/C12H14N4O2/c1-13-9-3-4-10(12(17)18)14-11(9)16-7-5-15(2)6-8-16/h3-4H,5-8H2,2H3,(H,17,18). The molecule has 0 saturated carbocycles. The van der Waals surface area contributed by atoms with Gasteiger partial charge in [0, 0.05) is 26.2 Å². The number of nitrogens with zero attached hydrogens (tertiary/aromatic N) is 4. The second-order valence-corrected chi connectivity index (χ2v) is 4.25. The van der Waals surface area contributed by atoms with Crippen LogP contribution in [-0.4, -0.2) is 54.2 Å². The molecule has 18 heavy (non-hydrogen) atoms. The maximum absolute atomic E-state index is 10.9. The van der Waals surface area contributed by atoms with Gasteiger partial charge >= 0.3 is 5.97 Å². The molecule has 0 aromatic carbocycles. The fourth-order valence-electron chi connectivity index (χ4n) is 1.90. The lowest BCUT2D eigenvalue weighted by molar-refractivity contribution is 0.0690. The fraction of sp³-hybridized carbons (Fsp3) is 0.417. The van der Waals surface area contributed by atoms with Gasteiger partial charge < -0.3 is 14.9 Å². The van der Waals surface area contributed by atoms with Crippen LogP contribution in [0.5, 0.6) is 0 Å². The first-order valence-corrected chi connectivity index (χ1v) is 5.67. The predicted molar refractivity (Wildman–Crippen MR) is 67.2 cm³/mol. The van der Waals surface area contributed by atoms with Gasteiger partial charge in [-0.25, -0.2) is 14.6 Å². The summed E-state index contributed by atoms with van der Waals surface area (Å²) in [5, 5.41) is 8.95. The van der Waals surface area contributed by atoms with E-state index >= 15 is 0 Å². The van der Waals surface area contributed by atoms with Crippen LogP contribution in [0.3, 0.4) is 0 Å². The molecule has 1 aromatic rings. The van der Waals surface area contributed by atoms with E-state index in [1.807, 2.05) is 11.9 Å². The summed E-state index contributed by atoms with van der Waals surface area (Å²) in [6, 6.07) is 2.90. The first-order chi connectivity index (χ1) is 8.61. The van der Waals surface area contributed by atoms with E-state index in [1.54, 1.807) is 0 Å². The molecule has 1 aliphatic rings. The van der Waals surface area contributed by atoms with Gasteiger partial charge in [0.25, 0.3) is 0 Å². The number of hydrogen-bond donors (Lipinski definition) is 1. The van der Waals surface area contributed by atoms with Crippen molar-refractivity contribution in [3.8, 4) is 0 Å². The molecule has 1 fully saturated rings. The number of rotatable bonds is 2. The molecule has 2 rings (SSSR count). The molecule has 0 atom stereocenters. The van der Waals surface area contributed by atoms with Crippen molar-refractivity contribution in [1.29, 1.82) is 0 Å². The quantitative estimate of drug-likeness (QED) is 0.791. The van der Waals surface area contributed by atoms with Gasteiger partial charge in [-0.3, -0.25) is 0 Å². The van der Waals surface area contributed by atoms with Gasteiger partial charge in [0.2, 0.25) is 5.69 Å². The average Bonchev–Trinajstić information content (AvgIpc) is 2.39. The van der Waals surface area contributed by atoms with Gasteiger partial charge in [0.05, 0.1) is 6.57 Å². The minimum Gasteiger partial charge on any atom is -0.477 e. The Morgan fingerprint density at radius 3 is 2.61 bits per heavy atom. The summed E-state index contributed by atoms with van der Waals surface area (Å²) in [5.74, 6) is -0.583. The van der Waals surface area contributed by atoms with E-state index in [9.17, 15) is 4.79 Å². The smallest absolute Gasteiger partial charge is 0.354 e. The van der Waals surface area contributed by atoms with Gasteiger partial charge in [0.15, 0.2) is 0 Å². The highest BCUT2D eigenvalue weighted by molar-refractivity contribution is 5.87. The number of aromatic nitrogens is 1. The summed E-state index contributed by atoms with van der Waals surface area (Å²) in [6.45, 7) is 10.4. The van der Waals surface area contributed by atoms with Crippen molar-refractivity contribution < 1.29 is 9.90 Å². The molecule has 1 aromatic heterocycles. The van der Waals surface area contributed by atoms with Crippen molar-refractivity contribution in [3.05, 3.63) is 29.2 Å². The van der Waals surface area contributed by atoms with Crippen molar-refractivity contribution >= 4 is 17.5 Å². The van der Waals surface area contributed by atoms with E-state index in [-0.39, 0.29) is 5.69 Å². The van der Waals surface area contributed by atoms with Gasteiger partial charge in [-0.1, -0.05) is 6.07 Å². The number of likely N-dealkylation sites (N-methyl/N-ethyl adjacent to an activating group) is 1. The van der Waals surface area contributed by atoms with Crippen LogP contribution in [0.4, 0.5) is 11.5 Å². The van der Waals surface area contributed by atoms with Crippen molar-refractivity contribution in [3.63, 3.8) is 0 Å². The molecule has 0 spiro atoms. The number of carboxylic acid groups (broad SMARTS) is 1. The SMILES string of the molecule is [C-]#[N+]c1ccc(C(=O)O)nc1N1CCN(C)CC1. The monoisotopic (exact) mass is 246 g/mol. The molecule has 1 saturated heterocycles. The van der Waals surface area contributed by atoms with Crippen LogP contribution < -0.4 is 4.90 Å². The van der Waals surface area contributed by atoms with Gasteiger partial charge in [-0.2, -0.15) is 0 Å². The van der Waals surface area contributed by atoms with E-state index in [4.69, 9.17) is 11.7 Å². The van der Waals surface area contributed by atoms with Crippen LogP contribution in [-0.2, 0) is 0 Å². The molecule has 0 bridgehead atoms. The van der Waals surface area contributed by atoms with Crippen LogP contribution in [0.2, 0.25) is 0 Å². The summed E-state index contributed by atoms with van der Waals surface area (Å²) in [5.41, 5.74) is 0.390. The minimum atomic E-state index is -1.07. The first kappa shape index (κ1) is 12.3. The summed E-state index contributed by atoms with van der Waals surface area (Å²) in [7, 11) is 2.04. The number of aromatic carboxylic acids is 1. The Morgan fingerprint density at radius 2 is 2.06 bits per heavy atom. The Morgan fingerprint density at radius 1 is 1.39 bits per heavy atom. The second kappa shape index (κ2) is 5.02. The topological polar surface area (TPSA) is 61.0 Å². The van der Waals surface area contributed by atoms with Crippen LogP contribution >= 0.6 is 0 Å². The second-order valence-electron chi connectivity index (χ2n) is 4.25. The third-order valence-electron chi connectivity index (χ3n) is 3.00. The number of anilines is 1. The van der Waals surface area contributed by atoms with E-state index in [0.29, 0.717) is 11.5 Å². The maximum atomic E-state index is 10.9. The van der Waals surface area contributed by atoms with Crippen molar-refractivity contribution in [1.82, 2.24) is 9.88 Å². The highest BCUT2D eigenvalue weighted by Crippen LogP contribution is 2.27. The number of carbonyl (C=O) groups is 1. The molecule has 0 aliphatic carbocycles. The molecule has 94 valence electrons. The Labute approximate surface area is 105 Å². The van der Waals surface area contributed by atoms with Gasteiger partial charge in [-0.05, 0) is 13.1 Å². The van der Waals surface area contributed by atoms with Crippen LogP contribution in [0, 0.1) is 6.57 Å². The summed E-state index contributed by atoms with van der Waals surface area (Å²) >= 11 is 0. The third-order valence-corrected chi connectivity index (χ3v) is 3.00. The molecule has 2 heterocycles. The zero-order valence-electron chi connectivity index (χ0n) is 10.1. The largest absolute Gasteiger partial charge is 0.477 e. The van der Waals surface area contributed by atoms with E-state index in [1.165, 1.54) is 12.1 Å². The summed E-state index contributed by atoms with van der Waals surface area (Å²) in [4.78, 5) is 22.6. The van der Waals surface area contributed by atoms with Crippen molar-refractivity contribution in [2.45, 2.75) is 0 Å². The average molecular weight is 246 g/mol. The normalized spacial score (nSPS) is 16.3. The predicted octanol–water partition coefficient (Wildman–Crippen LogP) is 1.08. The highest BCUT2D eigenvalue weighted by atomic mass is 16.4. The van der Waals surface area contributed by atoms with Crippen molar-refractivity contribution in [2.75, 3.05) is 38.1 Å². The maximum Gasteiger partial charge on any atom is 0.354 e. The first-order valence-electron chi connectivity index (χ1n) is 5.67. The van der Waals surface area contributed by atoms with E-state index in [0.717, 1.165) is 26.2 Å². The molecule has 6 heteroatoms. The van der Waals surface area contributed by atoms with Crippen molar-refractivity contribution in [2.24, 2.45) is 0 Å². The Hall–Kier alpha value is -2.13. The van der Waals surface area contributed by atoms with Gasteiger partial charge in [-0.15, -0.1) is 0 Å². The zero-order chi connectivity index (χ0) is 13.1. The molecule has 0 amide bonds. The van der Waals surface area contributed by atoms with Crippen LogP contribution in [0.15, 0.2) is 12.1 Å². The Balaban J connectivity index is 2.33. The number of piperazine rings is 1. The molecule has 6 nitrogen and oxygen atoms in total. The van der Waals surface area contributed by atoms with Crippen LogP contribution in [0.25, 0.3) is 4.85 Å². The fourth-order valence-corrected chi connectivity index (χ4v) is 1.90. The Kier molecular flexibility index (Phi) is 3.44. The summed E-state index contributed by atoms with van der Waals surface area (Å²) < 4.78 is 0. The third kappa shape index (κ3) is 2.41. The molecular formula is C12H14N4O2. The minimum absolute atomic E-state index is 0.0173. The lowest BCUT2D eigenvalue weighted by Crippen LogP contribution is -2.44. The molecular weight excluding hydrogens is 232 g/mol. The van der Waals surface area contributed by atoms with E-state index < -0.39 is 5.97 Å². The molecule has 1 aliphatic heterocycles. The van der Waals surface area contributed by atoms with E-state index in [2.05, 4.69) is 14.7 Å². The lowest BCUT2D eigenvalue weighted by Gasteiger charge is -2.33. The van der Waals surface area contributed by atoms with Crippen LogP contribution in [0.1, 0.15) is 10.5 Å². The molecule has 0 unspecified atom stereocenters. The lowest BCUT2D eigenvalue weighted by atomic mass is 10.2. The number of pyridine rings is 1. The number of carboxylic acids is 1. The Bertz CT molecular complexity index is 501. The van der Waals surface area contributed by atoms with Gasteiger partial charge in [0.1, 0.15) is 11.5 Å². The number of hydrogen-bond acceptors (Lipinski definition) is 4.